The summed E-state index contributed by atoms with van der Waals surface area (Å²) in [7, 11) is 0. The van der Waals surface area contributed by atoms with Gasteiger partial charge in [0.05, 0.1) is 0 Å². The van der Waals surface area contributed by atoms with Crippen LogP contribution in [0.2, 0.25) is 0 Å². The zero-order chi connectivity index (χ0) is 15.2. The van der Waals surface area contributed by atoms with Crippen LogP contribution >= 0.6 is 0 Å². The van der Waals surface area contributed by atoms with Gasteiger partial charge in [0.2, 0.25) is 5.91 Å². The number of hydrogen-bond donors (Lipinski definition) is 3. The fourth-order valence-electron chi connectivity index (χ4n) is 2.40. The minimum atomic E-state index is -0.521. The molecular weight excluding hydrogens is 270 g/mol. The van der Waals surface area contributed by atoms with Gasteiger partial charge < -0.3 is 21.1 Å². The third-order valence-electron chi connectivity index (χ3n) is 3.50. The highest BCUT2D eigenvalue weighted by Gasteiger charge is 2.24. The van der Waals surface area contributed by atoms with Gasteiger partial charge in [0.1, 0.15) is 5.75 Å². The Morgan fingerprint density at radius 2 is 2.10 bits per heavy atom. The highest BCUT2D eigenvalue weighted by molar-refractivity contribution is 5.92. The maximum Gasteiger partial charge on any atom is 0.255 e. The van der Waals surface area contributed by atoms with Crippen molar-refractivity contribution >= 4 is 17.5 Å². The van der Waals surface area contributed by atoms with Crippen LogP contribution in [-0.2, 0) is 9.59 Å². The lowest BCUT2D eigenvalue weighted by atomic mass is 9.92. The molecule has 0 bridgehead atoms. The number of anilines is 1. The van der Waals surface area contributed by atoms with E-state index in [4.69, 9.17) is 10.5 Å². The molecule has 6 nitrogen and oxygen atoms in total. The van der Waals surface area contributed by atoms with Crippen LogP contribution < -0.4 is 21.1 Å². The molecule has 1 aromatic rings. The van der Waals surface area contributed by atoms with Crippen LogP contribution in [0.4, 0.5) is 5.69 Å². The Morgan fingerprint density at radius 1 is 1.38 bits per heavy atom. The molecule has 1 aliphatic heterocycles. The average molecular weight is 291 g/mol. The van der Waals surface area contributed by atoms with E-state index in [0.29, 0.717) is 11.8 Å². The average Bonchev–Trinajstić information content (AvgIpc) is 2.46. The van der Waals surface area contributed by atoms with E-state index in [2.05, 4.69) is 17.6 Å². The summed E-state index contributed by atoms with van der Waals surface area (Å²) in [5.41, 5.74) is 5.72. The van der Waals surface area contributed by atoms with Crippen molar-refractivity contribution in [2.24, 2.45) is 11.7 Å². The summed E-state index contributed by atoms with van der Waals surface area (Å²) in [6.07, 6.45) is 1.71. The van der Waals surface area contributed by atoms with E-state index in [1.165, 1.54) is 0 Å². The van der Waals surface area contributed by atoms with E-state index < -0.39 is 5.91 Å². The first-order valence-electron chi connectivity index (χ1n) is 7.10. The molecule has 2 rings (SSSR count). The number of carbonyl (C=O) groups is 2. The minimum absolute atomic E-state index is 0.0482. The van der Waals surface area contributed by atoms with Crippen LogP contribution in [0.15, 0.2) is 24.3 Å². The standard InChI is InChI=1S/C15H21N3O3/c1-10-8-11(6-7-17-10)15(20)18-12-2-4-13(5-3-12)21-9-14(16)19/h2-5,10-11,17H,6-9H2,1H3,(H2,16,19)(H,18,20). The molecule has 0 aromatic heterocycles. The van der Waals surface area contributed by atoms with Gasteiger partial charge >= 0.3 is 0 Å². The van der Waals surface area contributed by atoms with Gasteiger partial charge in [-0.05, 0) is 50.6 Å². The number of nitrogens with one attached hydrogen (secondary N) is 2. The fraction of sp³-hybridized carbons (Fsp3) is 0.467. The van der Waals surface area contributed by atoms with E-state index in [9.17, 15) is 9.59 Å². The second-order valence-electron chi connectivity index (χ2n) is 5.35. The summed E-state index contributed by atoms with van der Waals surface area (Å²) in [5.74, 6) is 0.121. The molecule has 1 aromatic carbocycles. The molecule has 21 heavy (non-hydrogen) atoms. The van der Waals surface area contributed by atoms with Gasteiger partial charge in [-0.2, -0.15) is 0 Å². The number of piperidine rings is 1. The summed E-state index contributed by atoms with van der Waals surface area (Å²) >= 11 is 0. The minimum Gasteiger partial charge on any atom is -0.484 e. The number of benzene rings is 1. The van der Waals surface area contributed by atoms with Crippen molar-refractivity contribution in [3.8, 4) is 5.75 Å². The van der Waals surface area contributed by atoms with E-state index in [1.807, 2.05) is 0 Å². The van der Waals surface area contributed by atoms with Crippen molar-refractivity contribution in [3.63, 3.8) is 0 Å². The molecule has 1 heterocycles. The highest BCUT2D eigenvalue weighted by Crippen LogP contribution is 2.20. The number of hydrogen-bond acceptors (Lipinski definition) is 4. The zero-order valence-electron chi connectivity index (χ0n) is 12.1. The van der Waals surface area contributed by atoms with Crippen LogP contribution in [0.3, 0.4) is 0 Å². The lowest BCUT2D eigenvalue weighted by Crippen LogP contribution is -2.40. The quantitative estimate of drug-likeness (QED) is 0.750. The lowest BCUT2D eigenvalue weighted by Gasteiger charge is -2.27. The Morgan fingerprint density at radius 3 is 2.71 bits per heavy atom. The molecule has 2 unspecified atom stereocenters. The van der Waals surface area contributed by atoms with Crippen LogP contribution in [0.25, 0.3) is 0 Å². The van der Waals surface area contributed by atoms with Crippen molar-refractivity contribution in [1.82, 2.24) is 5.32 Å². The topological polar surface area (TPSA) is 93.4 Å². The number of nitrogens with two attached hydrogens (primary N) is 1. The highest BCUT2D eigenvalue weighted by atomic mass is 16.5. The predicted molar refractivity (Wildman–Crippen MR) is 79.9 cm³/mol. The molecule has 6 heteroatoms. The van der Waals surface area contributed by atoms with Gasteiger partial charge in [0.25, 0.3) is 5.91 Å². The van der Waals surface area contributed by atoms with Crippen LogP contribution in [0.5, 0.6) is 5.75 Å². The normalized spacial score (nSPS) is 21.6. The molecule has 2 atom stereocenters. The van der Waals surface area contributed by atoms with E-state index in [-0.39, 0.29) is 18.4 Å². The Kier molecular flexibility index (Phi) is 5.16. The molecule has 1 fully saturated rings. The van der Waals surface area contributed by atoms with Crippen LogP contribution in [0.1, 0.15) is 19.8 Å². The molecule has 114 valence electrons. The number of rotatable bonds is 5. The molecule has 2 amide bonds. The van der Waals surface area contributed by atoms with Gasteiger partial charge in [0.15, 0.2) is 6.61 Å². The van der Waals surface area contributed by atoms with E-state index in [0.717, 1.165) is 25.1 Å². The molecule has 4 N–H and O–H groups in total. The number of primary amides is 1. The van der Waals surface area contributed by atoms with E-state index >= 15 is 0 Å². The largest absolute Gasteiger partial charge is 0.484 e. The summed E-state index contributed by atoms with van der Waals surface area (Å²) in [5, 5.41) is 6.24. The second kappa shape index (κ2) is 7.08. The fourth-order valence-corrected chi connectivity index (χ4v) is 2.40. The number of ether oxygens (including phenoxy) is 1. The van der Waals surface area contributed by atoms with Crippen LogP contribution in [-0.4, -0.2) is 31.0 Å². The molecule has 0 saturated carbocycles. The van der Waals surface area contributed by atoms with Gasteiger partial charge in [-0.1, -0.05) is 0 Å². The Labute approximate surface area is 124 Å². The zero-order valence-corrected chi connectivity index (χ0v) is 12.1. The van der Waals surface area contributed by atoms with Crippen molar-refractivity contribution in [2.45, 2.75) is 25.8 Å². The first-order valence-corrected chi connectivity index (χ1v) is 7.10. The first-order chi connectivity index (χ1) is 10.0. The monoisotopic (exact) mass is 291 g/mol. The van der Waals surface area contributed by atoms with E-state index in [1.54, 1.807) is 24.3 Å². The number of carbonyl (C=O) groups excluding carboxylic acids is 2. The maximum absolute atomic E-state index is 12.2. The molecular formula is C15H21N3O3. The second-order valence-corrected chi connectivity index (χ2v) is 5.35. The maximum atomic E-state index is 12.2. The molecule has 0 aliphatic carbocycles. The lowest BCUT2D eigenvalue weighted by molar-refractivity contribution is -0.121. The molecule has 0 spiro atoms. The Balaban J connectivity index is 1.87. The van der Waals surface area contributed by atoms with Gasteiger partial charge in [-0.25, -0.2) is 0 Å². The molecule has 0 radical (unpaired) electrons. The third-order valence-corrected chi connectivity index (χ3v) is 3.50. The summed E-state index contributed by atoms with van der Waals surface area (Å²) in [4.78, 5) is 22.8. The third kappa shape index (κ3) is 4.75. The van der Waals surface area contributed by atoms with Crippen molar-refractivity contribution in [3.05, 3.63) is 24.3 Å². The summed E-state index contributed by atoms with van der Waals surface area (Å²) in [6.45, 7) is 2.81. The van der Waals surface area contributed by atoms with Crippen molar-refractivity contribution in [1.29, 1.82) is 0 Å². The van der Waals surface area contributed by atoms with Gasteiger partial charge in [0, 0.05) is 17.6 Å². The summed E-state index contributed by atoms with van der Waals surface area (Å²) < 4.78 is 5.16. The van der Waals surface area contributed by atoms with Crippen LogP contribution in [0, 0.1) is 5.92 Å². The first kappa shape index (κ1) is 15.3. The van der Waals surface area contributed by atoms with Gasteiger partial charge in [-0.15, -0.1) is 0 Å². The SMILES string of the molecule is CC1CC(C(=O)Nc2ccc(OCC(N)=O)cc2)CCN1. The number of amides is 2. The smallest absolute Gasteiger partial charge is 0.255 e. The van der Waals surface area contributed by atoms with Crippen molar-refractivity contribution in [2.75, 3.05) is 18.5 Å². The predicted octanol–water partition coefficient (Wildman–Crippen LogP) is 0.877. The van der Waals surface area contributed by atoms with Crippen molar-refractivity contribution < 1.29 is 14.3 Å². The Bertz CT molecular complexity index is 501. The molecule has 1 saturated heterocycles. The van der Waals surface area contributed by atoms with Gasteiger partial charge in [-0.3, -0.25) is 9.59 Å². The summed E-state index contributed by atoms with van der Waals surface area (Å²) in [6, 6.07) is 7.27. The Hall–Kier alpha value is -2.08. The molecule has 1 aliphatic rings.